The lowest BCUT2D eigenvalue weighted by Gasteiger charge is -2.20. The zero-order valence-corrected chi connectivity index (χ0v) is 16.9. The Morgan fingerprint density at radius 1 is 1.21 bits per heavy atom. The summed E-state index contributed by atoms with van der Waals surface area (Å²) in [6.07, 6.45) is 5.73. The first-order valence-corrected chi connectivity index (χ1v) is 10.5. The largest absolute Gasteiger partial charge is 0.461 e. The summed E-state index contributed by atoms with van der Waals surface area (Å²) < 4.78 is 5.86. The molecule has 152 valence electrons. The first-order valence-electron chi connectivity index (χ1n) is 10.5. The number of para-hydroxylation sites is 1. The van der Waals surface area contributed by atoms with E-state index in [0.717, 1.165) is 74.6 Å². The van der Waals surface area contributed by atoms with Crippen LogP contribution in [0.25, 0.3) is 11.0 Å². The highest BCUT2D eigenvalue weighted by Crippen LogP contribution is 2.18. The smallest absolute Gasteiger partial charge is 0.222 e. The van der Waals surface area contributed by atoms with E-state index in [9.17, 15) is 4.79 Å². The van der Waals surface area contributed by atoms with Crippen molar-refractivity contribution in [3.8, 4) is 0 Å². The quantitative estimate of drug-likeness (QED) is 0.416. The maximum absolute atomic E-state index is 12.0. The standard InChI is InChI=1S/C22H32N4O2/c1-2-23-22(24-13-8-16-26-15-7-3-4-11-21(26)27)25-14-12-19-17-18-9-5-6-10-20(18)28-19/h5-6,9-10,17H,2-4,7-8,11-16H2,1H3,(H2,23,24,25). The minimum atomic E-state index is 0.303. The predicted octanol–water partition coefficient (Wildman–Crippen LogP) is 3.32. The molecule has 1 amide bonds. The Balaban J connectivity index is 1.42. The van der Waals surface area contributed by atoms with Gasteiger partial charge < -0.3 is 20.0 Å². The van der Waals surface area contributed by atoms with E-state index >= 15 is 0 Å². The zero-order chi connectivity index (χ0) is 19.6. The van der Waals surface area contributed by atoms with Gasteiger partial charge in [-0.3, -0.25) is 9.79 Å². The highest BCUT2D eigenvalue weighted by molar-refractivity contribution is 5.80. The molecule has 0 spiro atoms. The summed E-state index contributed by atoms with van der Waals surface area (Å²) in [5.41, 5.74) is 0.932. The molecule has 1 aliphatic rings. The third-order valence-corrected chi connectivity index (χ3v) is 5.01. The summed E-state index contributed by atoms with van der Waals surface area (Å²) in [6.45, 7) is 6.06. The van der Waals surface area contributed by atoms with Gasteiger partial charge in [0.25, 0.3) is 0 Å². The lowest BCUT2D eigenvalue weighted by atomic mass is 10.2. The number of benzene rings is 1. The van der Waals surface area contributed by atoms with Gasteiger partial charge in [-0.1, -0.05) is 24.6 Å². The van der Waals surface area contributed by atoms with Gasteiger partial charge in [-0.25, -0.2) is 0 Å². The molecule has 2 N–H and O–H groups in total. The number of nitrogens with one attached hydrogen (secondary N) is 2. The molecule has 0 radical (unpaired) electrons. The predicted molar refractivity (Wildman–Crippen MR) is 114 cm³/mol. The van der Waals surface area contributed by atoms with E-state index in [2.05, 4.69) is 34.7 Å². The van der Waals surface area contributed by atoms with Crippen molar-refractivity contribution in [1.82, 2.24) is 15.5 Å². The van der Waals surface area contributed by atoms with Crippen LogP contribution >= 0.6 is 0 Å². The van der Waals surface area contributed by atoms with Crippen LogP contribution < -0.4 is 10.6 Å². The number of nitrogens with zero attached hydrogens (tertiary/aromatic N) is 2. The van der Waals surface area contributed by atoms with Crippen LogP contribution in [0.2, 0.25) is 0 Å². The van der Waals surface area contributed by atoms with E-state index in [0.29, 0.717) is 18.9 Å². The van der Waals surface area contributed by atoms with Gasteiger partial charge in [0.05, 0.1) is 0 Å². The number of hydrogen-bond donors (Lipinski definition) is 2. The van der Waals surface area contributed by atoms with Crippen LogP contribution in [0, 0.1) is 0 Å². The monoisotopic (exact) mass is 384 g/mol. The molecule has 3 rings (SSSR count). The molecule has 1 saturated heterocycles. The highest BCUT2D eigenvalue weighted by atomic mass is 16.3. The number of furan rings is 1. The van der Waals surface area contributed by atoms with Crippen LogP contribution in [0.1, 0.15) is 44.8 Å². The van der Waals surface area contributed by atoms with Crippen LogP contribution in [-0.2, 0) is 11.2 Å². The van der Waals surface area contributed by atoms with Crippen molar-refractivity contribution >= 4 is 22.8 Å². The molecule has 28 heavy (non-hydrogen) atoms. The lowest BCUT2D eigenvalue weighted by Crippen LogP contribution is -2.38. The second-order valence-corrected chi connectivity index (χ2v) is 7.23. The fourth-order valence-electron chi connectivity index (χ4n) is 3.53. The van der Waals surface area contributed by atoms with Crippen LogP contribution in [-0.4, -0.2) is 49.5 Å². The summed E-state index contributed by atoms with van der Waals surface area (Å²) in [6, 6.07) is 10.2. The van der Waals surface area contributed by atoms with E-state index < -0.39 is 0 Å². The number of amides is 1. The van der Waals surface area contributed by atoms with Gasteiger partial charge in [0, 0.05) is 51.0 Å². The van der Waals surface area contributed by atoms with Gasteiger partial charge in [0.1, 0.15) is 11.3 Å². The van der Waals surface area contributed by atoms with Crippen LogP contribution in [0.4, 0.5) is 0 Å². The molecule has 0 unspecified atom stereocenters. The Bertz CT molecular complexity index is 751. The molecule has 2 aromatic rings. The molecule has 6 nitrogen and oxygen atoms in total. The van der Waals surface area contributed by atoms with Crippen molar-refractivity contribution in [2.75, 3.05) is 32.7 Å². The lowest BCUT2D eigenvalue weighted by molar-refractivity contribution is -0.130. The number of hydrogen-bond acceptors (Lipinski definition) is 3. The SMILES string of the molecule is CCNC(=NCCCN1CCCCCC1=O)NCCc1cc2ccccc2o1. The van der Waals surface area contributed by atoms with Crippen LogP contribution in [0.3, 0.4) is 0 Å². The Morgan fingerprint density at radius 3 is 2.96 bits per heavy atom. The second kappa shape index (κ2) is 10.7. The number of carbonyl (C=O) groups is 1. The molecular formula is C22H32N4O2. The fraction of sp³-hybridized carbons (Fsp3) is 0.545. The van der Waals surface area contributed by atoms with Crippen molar-refractivity contribution < 1.29 is 9.21 Å². The van der Waals surface area contributed by atoms with Gasteiger partial charge in [0.2, 0.25) is 5.91 Å². The number of aliphatic imine (C=N–C) groups is 1. The average molecular weight is 385 g/mol. The van der Waals surface area contributed by atoms with Crippen molar-refractivity contribution in [2.45, 2.75) is 45.4 Å². The summed E-state index contributed by atoms with van der Waals surface area (Å²) in [5.74, 6) is 2.10. The first-order chi connectivity index (χ1) is 13.8. The van der Waals surface area contributed by atoms with Gasteiger partial charge in [-0.05, 0) is 38.3 Å². The first kappa shape index (κ1) is 20.2. The van der Waals surface area contributed by atoms with Crippen molar-refractivity contribution in [1.29, 1.82) is 0 Å². The molecule has 1 aromatic heterocycles. The molecule has 6 heteroatoms. The number of likely N-dealkylation sites (tertiary alicyclic amines) is 1. The number of carbonyl (C=O) groups excluding carboxylic acids is 1. The van der Waals surface area contributed by atoms with E-state index in [1.165, 1.54) is 6.42 Å². The Hall–Kier alpha value is -2.50. The number of fused-ring (bicyclic) bond motifs is 1. The molecule has 0 bridgehead atoms. The molecule has 1 aromatic carbocycles. The summed E-state index contributed by atoms with van der Waals surface area (Å²) in [4.78, 5) is 18.7. The normalized spacial score (nSPS) is 15.7. The molecule has 0 aliphatic carbocycles. The third-order valence-electron chi connectivity index (χ3n) is 5.01. The van der Waals surface area contributed by atoms with Gasteiger partial charge in [-0.15, -0.1) is 0 Å². The molecule has 0 atom stereocenters. The summed E-state index contributed by atoms with van der Waals surface area (Å²) >= 11 is 0. The molecule has 0 saturated carbocycles. The number of rotatable bonds is 8. The molecule has 1 fully saturated rings. The Kier molecular flexibility index (Phi) is 7.76. The second-order valence-electron chi connectivity index (χ2n) is 7.23. The summed E-state index contributed by atoms with van der Waals surface area (Å²) in [7, 11) is 0. The average Bonchev–Trinajstić information content (AvgIpc) is 3.00. The maximum Gasteiger partial charge on any atom is 0.222 e. The minimum Gasteiger partial charge on any atom is -0.461 e. The highest BCUT2D eigenvalue weighted by Gasteiger charge is 2.15. The topological polar surface area (TPSA) is 69.9 Å². The van der Waals surface area contributed by atoms with Crippen molar-refractivity contribution in [3.63, 3.8) is 0 Å². The van der Waals surface area contributed by atoms with E-state index in [1.807, 2.05) is 23.1 Å². The molecule has 2 heterocycles. The van der Waals surface area contributed by atoms with E-state index in [-0.39, 0.29) is 0 Å². The third kappa shape index (κ3) is 6.01. The Morgan fingerprint density at radius 2 is 2.11 bits per heavy atom. The number of guanidine groups is 1. The molecular weight excluding hydrogens is 352 g/mol. The van der Waals surface area contributed by atoms with E-state index in [4.69, 9.17) is 4.42 Å². The fourth-order valence-corrected chi connectivity index (χ4v) is 3.53. The van der Waals surface area contributed by atoms with Crippen LogP contribution in [0.15, 0.2) is 39.7 Å². The van der Waals surface area contributed by atoms with Crippen molar-refractivity contribution in [2.24, 2.45) is 4.99 Å². The maximum atomic E-state index is 12.0. The minimum absolute atomic E-state index is 0.303. The van der Waals surface area contributed by atoms with Gasteiger partial charge >= 0.3 is 0 Å². The van der Waals surface area contributed by atoms with E-state index in [1.54, 1.807) is 0 Å². The Labute approximate surface area is 167 Å². The van der Waals surface area contributed by atoms with Crippen molar-refractivity contribution in [3.05, 3.63) is 36.1 Å². The van der Waals surface area contributed by atoms with Gasteiger partial charge in [0.15, 0.2) is 5.96 Å². The summed E-state index contributed by atoms with van der Waals surface area (Å²) in [5, 5.41) is 7.79. The zero-order valence-electron chi connectivity index (χ0n) is 16.9. The molecule has 1 aliphatic heterocycles. The van der Waals surface area contributed by atoms with Crippen LogP contribution in [0.5, 0.6) is 0 Å². The van der Waals surface area contributed by atoms with Gasteiger partial charge in [-0.2, -0.15) is 0 Å².